The lowest BCUT2D eigenvalue weighted by Gasteiger charge is -2.44. The molecule has 2 saturated heterocycles. The van der Waals surface area contributed by atoms with Gasteiger partial charge in [-0.15, -0.1) is 0 Å². The van der Waals surface area contributed by atoms with Gasteiger partial charge in [-0.25, -0.2) is 0 Å². The topological polar surface area (TPSA) is 53.1 Å². The normalized spacial score (nSPS) is 27.2. The summed E-state index contributed by atoms with van der Waals surface area (Å²) in [4.78, 5) is 31.0. The highest BCUT2D eigenvalue weighted by atomic mass is 16.5. The Hall–Kier alpha value is -2.08. The molecule has 1 saturated carbocycles. The Morgan fingerprint density at radius 2 is 1.46 bits per heavy atom. The van der Waals surface area contributed by atoms with Crippen molar-refractivity contribution in [1.82, 2.24) is 9.80 Å². The Morgan fingerprint density at radius 1 is 0.857 bits per heavy atom. The minimum absolute atomic E-state index is 0.0464. The van der Waals surface area contributed by atoms with Crippen LogP contribution in [0, 0.1) is 0 Å². The highest BCUT2D eigenvalue weighted by molar-refractivity contribution is 5.97. The first-order valence-corrected chi connectivity index (χ1v) is 10.6. The number of amides is 2. The summed E-state index contributed by atoms with van der Waals surface area (Å²) in [5, 5.41) is 0. The number of hydrogen-bond donors (Lipinski definition) is 0. The molecule has 1 aromatic carbocycles. The Labute approximate surface area is 167 Å². The van der Waals surface area contributed by atoms with Gasteiger partial charge in [0.2, 0.25) is 11.8 Å². The van der Waals surface area contributed by atoms with E-state index >= 15 is 0 Å². The number of piperidine rings is 1. The Kier molecular flexibility index (Phi) is 5.85. The summed E-state index contributed by atoms with van der Waals surface area (Å²) in [6, 6.07) is 8.93. The van der Waals surface area contributed by atoms with E-state index in [2.05, 4.69) is 21.9 Å². The molecule has 3 fully saturated rings. The second-order valence-electron chi connectivity index (χ2n) is 8.17. The van der Waals surface area contributed by atoms with E-state index in [1.165, 1.54) is 5.69 Å². The van der Waals surface area contributed by atoms with Crippen molar-refractivity contribution in [2.45, 2.75) is 57.0 Å². The van der Waals surface area contributed by atoms with Gasteiger partial charge in [0.15, 0.2) is 0 Å². The molecule has 28 heavy (non-hydrogen) atoms. The van der Waals surface area contributed by atoms with Crippen LogP contribution in [0.2, 0.25) is 0 Å². The standard InChI is InChI=1S/C22H31N3O3/c1-28-20-6-3-2-5-19(20)24-15-13-23(14-16-24)17-9-11-18(12-10-17)25-21(26)7-4-8-22(25)27/h2-3,5-6,17-18H,4,7-16H2,1H3. The fourth-order valence-electron chi connectivity index (χ4n) is 5.08. The van der Waals surface area contributed by atoms with Crippen molar-refractivity contribution in [1.29, 1.82) is 0 Å². The van der Waals surface area contributed by atoms with E-state index < -0.39 is 0 Å². The maximum Gasteiger partial charge on any atom is 0.229 e. The molecule has 0 radical (unpaired) electrons. The summed E-state index contributed by atoms with van der Waals surface area (Å²) >= 11 is 0. The lowest BCUT2D eigenvalue weighted by molar-refractivity contribution is -0.152. The van der Waals surface area contributed by atoms with Gasteiger partial charge >= 0.3 is 0 Å². The second-order valence-corrected chi connectivity index (χ2v) is 8.17. The molecule has 1 aromatic rings. The number of hydrogen-bond acceptors (Lipinski definition) is 5. The van der Waals surface area contributed by atoms with Gasteiger partial charge in [0.1, 0.15) is 5.75 Å². The Bertz CT molecular complexity index is 691. The molecule has 2 heterocycles. The summed E-state index contributed by atoms with van der Waals surface area (Å²) in [6.07, 6.45) is 5.86. The van der Waals surface area contributed by atoms with Crippen LogP contribution in [0.3, 0.4) is 0 Å². The summed E-state index contributed by atoms with van der Waals surface area (Å²) in [5.74, 6) is 1.03. The van der Waals surface area contributed by atoms with E-state index in [0.29, 0.717) is 18.9 Å². The number of likely N-dealkylation sites (tertiary alicyclic amines) is 1. The molecule has 0 unspecified atom stereocenters. The molecule has 1 aliphatic carbocycles. The van der Waals surface area contributed by atoms with Gasteiger partial charge < -0.3 is 9.64 Å². The SMILES string of the molecule is COc1ccccc1N1CCN(C2CCC(N3C(=O)CCCC3=O)CC2)CC1. The van der Waals surface area contributed by atoms with Crippen LogP contribution in [0.1, 0.15) is 44.9 Å². The summed E-state index contributed by atoms with van der Waals surface area (Å²) < 4.78 is 5.51. The van der Waals surface area contributed by atoms with E-state index in [-0.39, 0.29) is 17.9 Å². The molecule has 152 valence electrons. The van der Waals surface area contributed by atoms with Crippen molar-refractivity contribution in [2.75, 3.05) is 38.2 Å². The molecule has 6 heteroatoms. The number of rotatable bonds is 4. The van der Waals surface area contributed by atoms with Crippen LogP contribution < -0.4 is 9.64 Å². The molecular formula is C22H31N3O3. The molecule has 2 aliphatic heterocycles. The number of carbonyl (C=O) groups excluding carboxylic acids is 2. The third-order valence-electron chi connectivity index (χ3n) is 6.61. The maximum atomic E-state index is 12.2. The van der Waals surface area contributed by atoms with Crippen LogP contribution in [-0.4, -0.2) is 67.0 Å². The second kappa shape index (κ2) is 8.52. The summed E-state index contributed by atoms with van der Waals surface area (Å²) in [7, 11) is 1.73. The van der Waals surface area contributed by atoms with Gasteiger partial charge in [0.05, 0.1) is 12.8 Å². The Morgan fingerprint density at radius 3 is 2.11 bits per heavy atom. The van der Waals surface area contributed by atoms with Crippen LogP contribution in [0.15, 0.2) is 24.3 Å². The quantitative estimate of drug-likeness (QED) is 0.746. The van der Waals surface area contributed by atoms with Crippen LogP contribution in [0.4, 0.5) is 5.69 Å². The number of piperazine rings is 1. The first-order valence-electron chi connectivity index (χ1n) is 10.6. The minimum Gasteiger partial charge on any atom is -0.495 e. The number of carbonyl (C=O) groups is 2. The van der Waals surface area contributed by atoms with Gasteiger partial charge in [-0.3, -0.25) is 19.4 Å². The van der Waals surface area contributed by atoms with Crippen molar-refractivity contribution >= 4 is 17.5 Å². The number of methoxy groups -OCH3 is 1. The molecule has 4 rings (SSSR count). The fraction of sp³-hybridized carbons (Fsp3) is 0.636. The van der Waals surface area contributed by atoms with Gasteiger partial charge in [0, 0.05) is 51.1 Å². The van der Waals surface area contributed by atoms with Crippen LogP contribution >= 0.6 is 0 Å². The monoisotopic (exact) mass is 385 g/mol. The molecule has 0 N–H and O–H groups in total. The molecule has 0 atom stereocenters. The molecule has 0 spiro atoms. The van der Waals surface area contributed by atoms with Gasteiger partial charge in [0.25, 0.3) is 0 Å². The number of anilines is 1. The first-order chi connectivity index (χ1) is 13.7. The van der Waals surface area contributed by atoms with Crippen LogP contribution in [0.25, 0.3) is 0 Å². The number of imide groups is 1. The van der Waals surface area contributed by atoms with E-state index in [0.717, 1.165) is 64.0 Å². The first kappa shape index (κ1) is 19.2. The van der Waals surface area contributed by atoms with Crippen molar-refractivity contribution in [3.8, 4) is 5.75 Å². The third kappa shape index (κ3) is 3.88. The average Bonchev–Trinajstić information content (AvgIpc) is 2.74. The maximum absolute atomic E-state index is 12.2. The van der Waals surface area contributed by atoms with Crippen molar-refractivity contribution in [2.24, 2.45) is 0 Å². The van der Waals surface area contributed by atoms with E-state index in [1.54, 1.807) is 12.0 Å². The highest BCUT2D eigenvalue weighted by Crippen LogP contribution is 2.32. The number of para-hydroxylation sites is 2. The zero-order chi connectivity index (χ0) is 19.5. The lowest BCUT2D eigenvalue weighted by atomic mass is 9.87. The summed E-state index contributed by atoms with van der Waals surface area (Å²) in [5.41, 5.74) is 1.18. The number of benzene rings is 1. The fourth-order valence-corrected chi connectivity index (χ4v) is 5.08. The summed E-state index contributed by atoms with van der Waals surface area (Å²) in [6.45, 7) is 4.11. The molecule has 2 amide bonds. The van der Waals surface area contributed by atoms with E-state index in [4.69, 9.17) is 4.74 Å². The number of nitrogens with zero attached hydrogens (tertiary/aromatic N) is 3. The highest BCUT2D eigenvalue weighted by Gasteiger charge is 2.36. The van der Waals surface area contributed by atoms with E-state index in [9.17, 15) is 9.59 Å². The molecular weight excluding hydrogens is 354 g/mol. The average molecular weight is 386 g/mol. The van der Waals surface area contributed by atoms with Crippen molar-refractivity contribution < 1.29 is 14.3 Å². The molecule has 0 aromatic heterocycles. The zero-order valence-corrected chi connectivity index (χ0v) is 16.8. The van der Waals surface area contributed by atoms with E-state index in [1.807, 2.05) is 12.1 Å². The van der Waals surface area contributed by atoms with Crippen molar-refractivity contribution in [3.05, 3.63) is 24.3 Å². The largest absolute Gasteiger partial charge is 0.495 e. The lowest BCUT2D eigenvalue weighted by Crippen LogP contribution is -2.54. The minimum atomic E-state index is 0.0464. The third-order valence-corrected chi connectivity index (χ3v) is 6.61. The smallest absolute Gasteiger partial charge is 0.229 e. The van der Waals surface area contributed by atoms with Gasteiger partial charge in [-0.2, -0.15) is 0 Å². The van der Waals surface area contributed by atoms with Gasteiger partial charge in [-0.1, -0.05) is 12.1 Å². The zero-order valence-electron chi connectivity index (χ0n) is 16.8. The van der Waals surface area contributed by atoms with Gasteiger partial charge in [-0.05, 0) is 44.2 Å². The van der Waals surface area contributed by atoms with Crippen LogP contribution in [0.5, 0.6) is 5.75 Å². The van der Waals surface area contributed by atoms with Crippen molar-refractivity contribution in [3.63, 3.8) is 0 Å². The molecule has 0 bridgehead atoms. The number of ether oxygens (including phenoxy) is 1. The Balaban J connectivity index is 1.29. The predicted octanol–water partition coefficient (Wildman–Crippen LogP) is 2.67. The molecule has 3 aliphatic rings. The molecule has 6 nitrogen and oxygen atoms in total. The predicted molar refractivity (Wildman–Crippen MR) is 109 cm³/mol. The van der Waals surface area contributed by atoms with Crippen LogP contribution in [-0.2, 0) is 9.59 Å².